The highest BCUT2D eigenvalue weighted by Crippen LogP contribution is 2.20. The van der Waals surface area contributed by atoms with Gasteiger partial charge in [0.15, 0.2) is 0 Å². The second kappa shape index (κ2) is 7.23. The molecule has 0 aromatic carbocycles. The monoisotopic (exact) mass is 278 g/mol. The van der Waals surface area contributed by atoms with Crippen LogP contribution in [0, 0.1) is 13.8 Å². The molecule has 1 saturated heterocycles. The molecule has 1 aromatic rings. The number of aryl methyl sites for hydroxylation is 2. The molecule has 1 aliphatic heterocycles. The summed E-state index contributed by atoms with van der Waals surface area (Å²) < 4.78 is 1.98. The average Bonchev–Trinajstić information content (AvgIpc) is 2.62. The van der Waals surface area contributed by atoms with E-state index in [4.69, 9.17) is 0 Å². The summed E-state index contributed by atoms with van der Waals surface area (Å²) in [6, 6.07) is 0.385. The minimum absolute atomic E-state index is 0.385. The number of hydrogen-bond acceptors (Lipinski definition) is 3. The largest absolute Gasteiger partial charge is 0.309 e. The first-order chi connectivity index (χ1) is 9.59. The molecule has 0 saturated carbocycles. The molecule has 1 N–H and O–H groups in total. The van der Waals surface area contributed by atoms with Gasteiger partial charge in [-0.1, -0.05) is 12.8 Å². The molecule has 114 valence electrons. The molecule has 1 aliphatic rings. The van der Waals surface area contributed by atoms with Gasteiger partial charge in [-0.2, -0.15) is 5.10 Å². The fourth-order valence-electron chi connectivity index (χ4n) is 3.32. The van der Waals surface area contributed by atoms with Crippen molar-refractivity contribution in [3.63, 3.8) is 0 Å². The highest BCUT2D eigenvalue weighted by atomic mass is 15.3. The summed E-state index contributed by atoms with van der Waals surface area (Å²) >= 11 is 0. The lowest BCUT2D eigenvalue weighted by Gasteiger charge is -2.22. The van der Waals surface area contributed by atoms with E-state index in [9.17, 15) is 0 Å². The maximum atomic E-state index is 4.51. The van der Waals surface area contributed by atoms with Crippen LogP contribution in [0.5, 0.6) is 0 Å². The van der Waals surface area contributed by atoms with Gasteiger partial charge >= 0.3 is 0 Å². The van der Waals surface area contributed by atoms with Crippen LogP contribution in [0.1, 0.15) is 55.6 Å². The molecule has 0 spiro atoms. The molecule has 20 heavy (non-hydrogen) atoms. The van der Waals surface area contributed by atoms with Gasteiger partial charge in [-0.15, -0.1) is 0 Å². The Labute approximate surface area is 123 Å². The van der Waals surface area contributed by atoms with Crippen molar-refractivity contribution in [1.29, 1.82) is 0 Å². The molecule has 0 aliphatic carbocycles. The van der Waals surface area contributed by atoms with Crippen molar-refractivity contribution in [2.75, 3.05) is 26.2 Å². The first kappa shape index (κ1) is 15.5. The van der Waals surface area contributed by atoms with E-state index in [1.165, 1.54) is 56.6 Å². The quantitative estimate of drug-likeness (QED) is 0.898. The van der Waals surface area contributed by atoms with Gasteiger partial charge in [-0.25, -0.2) is 0 Å². The number of aromatic nitrogens is 2. The van der Waals surface area contributed by atoms with Gasteiger partial charge < -0.3 is 10.2 Å². The summed E-state index contributed by atoms with van der Waals surface area (Å²) in [5.74, 6) is 0. The Balaban J connectivity index is 1.81. The summed E-state index contributed by atoms with van der Waals surface area (Å²) in [7, 11) is 2.02. The fraction of sp³-hybridized carbons (Fsp3) is 0.812. The molecule has 0 amide bonds. The van der Waals surface area contributed by atoms with Crippen molar-refractivity contribution < 1.29 is 0 Å². The Morgan fingerprint density at radius 2 is 1.80 bits per heavy atom. The van der Waals surface area contributed by atoms with Gasteiger partial charge in [0.05, 0.1) is 5.69 Å². The van der Waals surface area contributed by atoms with Crippen LogP contribution >= 0.6 is 0 Å². The standard InChI is InChI=1S/C16H30N4/c1-13(16-14(2)18-19(4)15(16)3)17-9-12-20-10-7-5-6-8-11-20/h13,17H,5-12H2,1-4H3. The second-order valence-corrected chi connectivity index (χ2v) is 6.14. The number of nitrogens with zero attached hydrogens (tertiary/aromatic N) is 3. The van der Waals surface area contributed by atoms with Crippen LogP contribution in [0.4, 0.5) is 0 Å². The molecule has 0 bridgehead atoms. The zero-order chi connectivity index (χ0) is 14.5. The third kappa shape index (κ3) is 3.83. The number of nitrogens with one attached hydrogen (secondary N) is 1. The third-order valence-electron chi connectivity index (χ3n) is 4.58. The van der Waals surface area contributed by atoms with Gasteiger partial charge in [-0.3, -0.25) is 4.68 Å². The van der Waals surface area contributed by atoms with Crippen LogP contribution in [0.2, 0.25) is 0 Å². The van der Waals surface area contributed by atoms with E-state index in [1.54, 1.807) is 0 Å². The SMILES string of the molecule is Cc1nn(C)c(C)c1C(C)NCCN1CCCCCC1. The average molecular weight is 278 g/mol. The molecular formula is C16H30N4. The van der Waals surface area contributed by atoms with E-state index < -0.39 is 0 Å². The molecule has 1 atom stereocenters. The van der Waals surface area contributed by atoms with Crippen molar-refractivity contribution >= 4 is 0 Å². The Bertz CT molecular complexity index is 416. The topological polar surface area (TPSA) is 33.1 Å². The predicted molar refractivity (Wildman–Crippen MR) is 84.0 cm³/mol. The smallest absolute Gasteiger partial charge is 0.0644 e. The molecule has 2 heterocycles. The van der Waals surface area contributed by atoms with Crippen molar-refractivity contribution in [1.82, 2.24) is 20.0 Å². The van der Waals surface area contributed by atoms with Gasteiger partial charge in [0.25, 0.3) is 0 Å². The highest BCUT2D eigenvalue weighted by Gasteiger charge is 2.16. The number of likely N-dealkylation sites (tertiary alicyclic amines) is 1. The fourth-order valence-corrected chi connectivity index (χ4v) is 3.32. The molecule has 2 rings (SSSR count). The number of hydrogen-bond donors (Lipinski definition) is 1. The first-order valence-corrected chi connectivity index (χ1v) is 8.05. The summed E-state index contributed by atoms with van der Waals surface area (Å²) in [5.41, 5.74) is 3.79. The van der Waals surface area contributed by atoms with Gasteiger partial charge in [0.2, 0.25) is 0 Å². The van der Waals surface area contributed by atoms with E-state index in [-0.39, 0.29) is 0 Å². The van der Waals surface area contributed by atoms with Crippen molar-refractivity contribution in [2.45, 2.75) is 52.5 Å². The van der Waals surface area contributed by atoms with Crippen LogP contribution in [0.25, 0.3) is 0 Å². The molecule has 4 heteroatoms. The zero-order valence-electron chi connectivity index (χ0n) is 13.6. The second-order valence-electron chi connectivity index (χ2n) is 6.14. The van der Waals surface area contributed by atoms with Crippen molar-refractivity contribution in [3.05, 3.63) is 17.0 Å². The van der Waals surface area contributed by atoms with Gasteiger partial charge in [0, 0.05) is 37.4 Å². The van der Waals surface area contributed by atoms with E-state index in [0.717, 1.165) is 12.2 Å². The van der Waals surface area contributed by atoms with Crippen LogP contribution in [-0.2, 0) is 7.05 Å². The van der Waals surface area contributed by atoms with Crippen molar-refractivity contribution in [2.24, 2.45) is 7.05 Å². The zero-order valence-corrected chi connectivity index (χ0v) is 13.6. The summed E-state index contributed by atoms with van der Waals surface area (Å²) in [6.45, 7) is 11.3. The van der Waals surface area contributed by atoms with Gasteiger partial charge in [-0.05, 0) is 46.7 Å². The highest BCUT2D eigenvalue weighted by molar-refractivity contribution is 5.27. The van der Waals surface area contributed by atoms with Crippen LogP contribution in [0.15, 0.2) is 0 Å². The van der Waals surface area contributed by atoms with Crippen LogP contribution < -0.4 is 5.32 Å². The summed E-state index contributed by atoms with van der Waals surface area (Å²) in [6.07, 6.45) is 5.57. The van der Waals surface area contributed by atoms with E-state index in [0.29, 0.717) is 6.04 Å². The molecule has 1 aromatic heterocycles. The maximum absolute atomic E-state index is 4.51. The van der Waals surface area contributed by atoms with E-state index >= 15 is 0 Å². The lowest BCUT2D eigenvalue weighted by molar-refractivity contribution is 0.280. The predicted octanol–water partition coefficient (Wildman–Crippen LogP) is 2.56. The Morgan fingerprint density at radius 3 is 2.35 bits per heavy atom. The maximum Gasteiger partial charge on any atom is 0.0644 e. The lowest BCUT2D eigenvalue weighted by Crippen LogP contribution is -2.34. The third-order valence-corrected chi connectivity index (χ3v) is 4.58. The lowest BCUT2D eigenvalue weighted by atomic mass is 10.1. The molecule has 4 nitrogen and oxygen atoms in total. The molecule has 0 radical (unpaired) electrons. The number of rotatable bonds is 5. The Kier molecular flexibility index (Phi) is 5.61. The summed E-state index contributed by atoms with van der Waals surface area (Å²) in [4.78, 5) is 2.61. The van der Waals surface area contributed by atoms with Crippen molar-refractivity contribution in [3.8, 4) is 0 Å². The summed E-state index contributed by atoms with van der Waals surface area (Å²) in [5, 5.41) is 8.17. The van der Waals surface area contributed by atoms with Crippen LogP contribution in [0.3, 0.4) is 0 Å². The molecule has 1 unspecified atom stereocenters. The molecular weight excluding hydrogens is 248 g/mol. The Hall–Kier alpha value is -0.870. The van der Waals surface area contributed by atoms with Crippen LogP contribution in [-0.4, -0.2) is 40.9 Å². The minimum atomic E-state index is 0.385. The van der Waals surface area contributed by atoms with Gasteiger partial charge in [0.1, 0.15) is 0 Å². The molecule has 1 fully saturated rings. The Morgan fingerprint density at radius 1 is 1.15 bits per heavy atom. The van der Waals surface area contributed by atoms with E-state index in [1.807, 2.05) is 11.7 Å². The minimum Gasteiger partial charge on any atom is -0.309 e. The first-order valence-electron chi connectivity index (χ1n) is 8.05. The normalized spacial score (nSPS) is 19.0. The van der Waals surface area contributed by atoms with E-state index in [2.05, 4.69) is 36.1 Å².